The first-order chi connectivity index (χ1) is 13.1. The molecule has 0 heterocycles. The second kappa shape index (κ2) is 11.4. The van der Waals surface area contributed by atoms with Gasteiger partial charge in [-0.2, -0.15) is 0 Å². The fourth-order valence-electron chi connectivity index (χ4n) is 2.87. The minimum absolute atomic E-state index is 0.211. The van der Waals surface area contributed by atoms with E-state index in [0.717, 1.165) is 16.8 Å². The third-order valence-electron chi connectivity index (χ3n) is 3.89. The third-order valence-corrected chi connectivity index (χ3v) is 4.23. The summed E-state index contributed by atoms with van der Waals surface area (Å²) in [6.45, 7) is 8.48. The lowest BCUT2D eigenvalue weighted by Crippen LogP contribution is -2.41. The molecular weight excluding hydrogens is 403 g/mol. The largest absolute Gasteiger partial charge is 0.481 e. The summed E-state index contributed by atoms with van der Waals surface area (Å²) >= 11 is 11.9. The number of anilines is 1. The van der Waals surface area contributed by atoms with Crippen molar-refractivity contribution in [3.8, 4) is 0 Å². The molecule has 0 fully saturated rings. The molecule has 0 saturated carbocycles. The van der Waals surface area contributed by atoms with Gasteiger partial charge in [-0.25, -0.2) is 4.79 Å². The van der Waals surface area contributed by atoms with E-state index in [0.29, 0.717) is 31.3 Å². The maximum absolute atomic E-state index is 12.2. The Morgan fingerprint density at radius 3 is 2.32 bits per heavy atom. The second-order valence-electron chi connectivity index (χ2n) is 7.64. The van der Waals surface area contributed by atoms with Gasteiger partial charge in [0.2, 0.25) is 0 Å². The van der Waals surface area contributed by atoms with Gasteiger partial charge in [0.15, 0.2) is 0 Å². The number of aliphatic carboxylic acids is 1. The summed E-state index contributed by atoms with van der Waals surface area (Å²) in [5, 5.41) is 12.0. The standard InChI is InChI=1S/C20H30Cl2N2O4/c1-14-5-6-17(24(9-7-21)10-8-22)15(11-14)12-16(13-18(25)26)23-19(27)28-20(2,3)4/h5-6,11,16H,7-10,12-13H2,1-4H3,(H,23,27)(H,25,26)/t16-/m0/s1. The Bertz CT molecular complexity index is 656. The number of rotatable bonds is 10. The van der Waals surface area contributed by atoms with Crippen LogP contribution in [0.4, 0.5) is 10.5 Å². The number of carboxylic acids is 1. The zero-order valence-corrected chi connectivity index (χ0v) is 18.4. The van der Waals surface area contributed by atoms with Crippen molar-refractivity contribution in [2.45, 2.75) is 52.2 Å². The fourth-order valence-corrected chi connectivity index (χ4v) is 3.28. The minimum atomic E-state index is -0.992. The molecular formula is C20H30Cl2N2O4. The molecule has 0 aromatic heterocycles. The number of hydrogen-bond donors (Lipinski definition) is 2. The fraction of sp³-hybridized carbons (Fsp3) is 0.600. The molecule has 8 heteroatoms. The topological polar surface area (TPSA) is 78.9 Å². The van der Waals surface area contributed by atoms with Crippen LogP contribution >= 0.6 is 23.2 Å². The molecule has 1 amide bonds. The Morgan fingerprint density at radius 1 is 1.21 bits per heavy atom. The van der Waals surface area contributed by atoms with Crippen molar-refractivity contribution in [2.24, 2.45) is 0 Å². The van der Waals surface area contributed by atoms with E-state index in [2.05, 4.69) is 10.2 Å². The molecule has 1 rings (SSSR count). The molecule has 1 aromatic carbocycles. The smallest absolute Gasteiger partial charge is 0.407 e. The zero-order valence-electron chi connectivity index (χ0n) is 16.9. The molecule has 0 aliphatic heterocycles. The van der Waals surface area contributed by atoms with Gasteiger partial charge in [-0.3, -0.25) is 4.79 Å². The van der Waals surface area contributed by atoms with E-state index in [-0.39, 0.29) is 6.42 Å². The van der Waals surface area contributed by atoms with Crippen LogP contribution in [-0.2, 0) is 16.0 Å². The minimum Gasteiger partial charge on any atom is -0.481 e. The lowest BCUT2D eigenvalue weighted by atomic mass is 9.99. The predicted octanol–water partition coefficient (Wildman–Crippen LogP) is 4.19. The Balaban J connectivity index is 3.10. The molecule has 1 aromatic rings. The van der Waals surface area contributed by atoms with E-state index >= 15 is 0 Å². The Labute approximate surface area is 177 Å². The number of hydrogen-bond acceptors (Lipinski definition) is 4. The number of ether oxygens (including phenoxy) is 1. The van der Waals surface area contributed by atoms with Crippen LogP contribution < -0.4 is 10.2 Å². The zero-order chi connectivity index (χ0) is 21.3. The second-order valence-corrected chi connectivity index (χ2v) is 8.40. The van der Waals surface area contributed by atoms with Gasteiger partial charge in [0.1, 0.15) is 5.60 Å². The number of nitrogens with one attached hydrogen (secondary N) is 1. The van der Waals surface area contributed by atoms with Crippen molar-refractivity contribution in [1.82, 2.24) is 5.32 Å². The first kappa shape index (κ1) is 24.4. The van der Waals surface area contributed by atoms with Crippen molar-refractivity contribution >= 4 is 41.0 Å². The maximum atomic E-state index is 12.2. The molecule has 6 nitrogen and oxygen atoms in total. The molecule has 0 bridgehead atoms. The number of carbonyl (C=O) groups excluding carboxylic acids is 1. The van der Waals surface area contributed by atoms with Gasteiger partial charge in [0.25, 0.3) is 0 Å². The number of aryl methyl sites for hydroxylation is 1. The van der Waals surface area contributed by atoms with Crippen LogP contribution in [0.5, 0.6) is 0 Å². The number of halogens is 2. The summed E-state index contributed by atoms with van der Waals surface area (Å²) in [5.74, 6) is -0.105. The molecule has 2 N–H and O–H groups in total. The number of carbonyl (C=O) groups is 2. The Hall–Kier alpha value is -1.66. The van der Waals surface area contributed by atoms with E-state index in [1.165, 1.54) is 0 Å². The molecule has 0 aliphatic rings. The molecule has 0 radical (unpaired) electrons. The summed E-state index contributed by atoms with van der Waals surface area (Å²) in [6.07, 6.45) is -0.493. The van der Waals surface area contributed by atoms with Crippen molar-refractivity contribution < 1.29 is 19.4 Å². The van der Waals surface area contributed by atoms with E-state index in [4.69, 9.17) is 27.9 Å². The van der Waals surface area contributed by atoms with Crippen LogP contribution in [-0.4, -0.2) is 53.7 Å². The Morgan fingerprint density at radius 2 is 1.82 bits per heavy atom. The van der Waals surface area contributed by atoms with Crippen LogP contribution in [0.2, 0.25) is 0 Å². The highest BCUT2D eigenvalue weighted by Crippen LogP contribution is 2.24. The van der Waals surface area contributed by atoms with Gasteiger partial charge < -0.3 is 20.1 Å². The van der Waals surface area contributed by atoms with Gasteiger partial charge in [-0.05, 0) is 45.7 Å². The predicted molar refractivity (Wildman–Crippen MR) is 114 cm³/mol. The van der Waals surface area contributed by atoms with Crippen LogP contribution in [0.25, 0.3) is 0 Å². The van der Waals surface area contributed by atoms with Crippen molar-refractivity contribution in [1.29, 1.82) is 0 Å². The molecule has 0 saturated heterocycles. The van der Waals surface area contributed by atoms with E-state index in [9.17, 15) is 14.7 Å². The number of alkyl halides is 2. The summed E-state index contributed by atoms with van der Waals surface area (Å²) in [7, 11) is 0. The Kier molecular flexibility index (Phi) is 9.90. The summed E-state index contributed by atoms with van der Waals surface area (Å²) in [4.78, 5) is 25.5. The third kappa shape index (κ3) is 9.02. The average molecular weight is 433 g/mol. The normalized spacial score (nSPS) is 12.4. The number of nitrogens with zero attached hydrogens (tertiary/aromatic N) is 1. The molecule has 0 spiro atoms. The molecule has 0 unspecified atom stereocenters. The van der Waals surface area contributed by atoms with Gasteiger partial charge in [0.05, 0.1) is 6.42 Å². The number of alkyl carbamates (subject to hydrolysis) is 1. The van der Waals surface area contributed by atoms with Gasteiger partial charge >= 0.3 is 12.1 Å². The lowest BCUT2D eigenvalue weighted by Gasteiger charge is -2.28. The van der Waals surface area contributed by atoms with Crippen LogP contribution in [0.3, 0.4) is 0 Å². The van der Waals surface area contributed by atoms with E-state index < -0.39 is 23.7 Å². The van der Waals surface area contributed by atoms with Crippen LogP contribution in [0.1, 0.15) is 38.3 Å². The molecule has 28 heavy (non-hydrogen) atoms. The SMILES string of the molecule is Cc1ccc(N(CCCl)CCCl)c(C[C@@H](CC(=O)O)NC(=O)OC(C)(C)C)c1. The van der Waals surface area contributed by atoms with Gasteiger partial charge in [0, 0.05) is 36.6 Å². The highest BCUT2D eigenvalue weighted by Gasteiger charge is 2.23. The maximum Gasteiger partial charge on any atom is 0.407 e. The summed E-state index contributed by atoms with van der Waals surface area (Å²) in [6, 6.07) is 5.36. The first-order valence-electron chi connectivity index (χ1n) is 9.23. The molecule has 158 valence electrons. The number of benzene rings is 1. The highest BCUT2D eigenvalue weighted by molar-refractivity contribution is 6.18. The summed E-state index contributed by atoms with van der Waals surface area (Å²) in [5.41, 5.74) is 2.25. The van der Waals surface area contributed by atoms with Crippen molar-refractivity contribution in [3.05, 3.63) is 29.3 Å². The quantitative estimate of drug-likeness (QED) is 0.541. The van der Waals surface area contributed by atoms with E-state index in [1.54, 1.807) is 20.8 Å². The molecule has 0 aliphatic carbocycles. The highest BCUT2D eigenvalue weighted by atomic mass is 35.5. The first-order valence-corrected chi connectivity index (χ1v) is 10.3. The van der Waals surface area contributed by atoms with Crippen LogP contribution in [0.15, 0.2) is 18.2 Å². The monoisotopic (exact) mass is 432 g/mol. The van der Waals surface area contributed by atoms with Gasteiger partial charge in [-0.1, -0.05) is 17.7 Å². The molecule has 1 atom stereocenters. The van der Waals surface area contributed by atoms with E-state index in [1.807, 2.05) is 25.1 Å². The average Bonchev–Trinajstić information content (AvgIpc) is 2.52. The van der Waals surface area contributed by atoms with Gasteiger partial charge in [-0.15, -0.1) is 23.2 Å². The lowest BCUT2D eigenvalue weighted by molar-refractivity contribution is -0.137. The number of amides is 1. The summed E-state index contributed by atoms with van der Waals surface area (Å²) < 4.78 is 5.28. The van der Waals surface area contributed by atoms with Crippen molar-refractivity contribution in [2.75, 3.05) is 29.7 Å². The van der Waals surface area contributed by atoms with Crippen molar-refractivity contribution in [3.63, 3.8) is 0 Å². The van der Waals surface area contributed by atoms with Crippen LogP contribution in [0, 0.1) is 6.92 Å². The number of carboxylic acid groups (broad SMARTS) is 1.